The van der Waals surface area contributed by atoms with Crippen molar-refractivity contribution in [1.29, 1.82) is 0 Å². The lowest BCUT2D eigenvalue weighted by Crippen LogP contribution is -2.16. The molecule has 0 amide bonds. The summed E-state index contributed by atoms with van der Waals surface area (Å²) in [6.07, 6.45) is 5.98. The molecule has 0 radical (unpaired) electrons. The maximum absolute atomic E-state index is 12.7. The van der Waals surface area contributed by atoms with Gasteiger partial charge in [-0.25, -0.2) is 18.4 Å². The van der Waals surface area contributed by atoms with Crippen LogP contribution < -0.4 is 9.46 Å². The molecule has 1 saturated carbocycles. The van der Waals surface area contributed by atoms with Gasteiger partial charge in [0.1, 0.15) is 0 Å². The van der Waals surface area contributed by atoms with Crippen molar-refractivity contribution in [3.05, 3.63) is 54.6 Å². The molecule has 6 nitrogen and oxygen atoms in total. The normalized spacial score (nSPS) is 15.0. The van der Waals surface area contributed by atoms with Crippen LogP contribution in [0.15, 0.2) is 59.5 Å². The number of sulfonamides is 1. The third kappa shape index (κ3) is 4.25. The van der Waals surface area contributed by atoms with Gasteiger partial charge in [-0.15, -0.1) is 0 Å². The van der Waals surface area contributed by atoms with E-state index in [1.165, 1.54) is 37.8 Å². The monoisotopic (exact) mass is 397 g/mol. The van der Waals surface area contributed by atoms with Gasteiger partial charge < -0.3 is 4.74 Å². The molecule has 1 aliphatic rings. The van der Waals surface area contributed by atoms with Crippen LogP contribution in [0, 0.1) is 5.92 Å². The smallest absolute Gasteiger partial charge is 0.263 e. The summed E-state index contributed by atoms with van der Waals surface area (Å²) in [5, 5.41) is 0. The minimum absolute atomic E-state index is 0.119. The Morgan fingerprint density at radius 3 is 2.29 bits per heavy atom. The van der Waals surface area contributed by atoms with E-state index in [1.807, 2.05) is 18.2 Å². The van der Waals surface area contributed by atoms with E-state index in [1.54, 1.807) is 24.3 Å². The maximum Gasteiger partial charge on any atom is 0.263 e. The molecule has 3 aromatic rings. The third-order valence-electron chi connectivity index (χ3n) is 5.06. The van der Waals surface area contributed by atoms with E-state index in [-0.39, 0.29) is 16.6 Å². The largest absolute Gasteiger partial charge is 0.475 e. The Morgan fingerprint density at radius 2 is 1.57 bits per heavy atom. The van der Waals surface area contributed by atoms with Gasteiger partial charge in [0.2, 0.25) is 5.82 Å². The molecule has 0 bridgehead atoms. The molecule has 0 spiro atoms. The van der Waals surface area contributed by atoms with E-state index >= 15 is 0 Å². The van der Waals surface area contributed by atoms with Crippen molar-refractivity contribution in [2.24, 2.45) is 5.92 Å². The minimum atomic E-state index is -3.78. The Labute approximate surface area is 165 Å². The molecule has 1 N–H and O–H groups in total. The van der Waals surface area contributed by atoms with E-state index in [2.05, 4.69) is 14.7 Å². The Hall–Kier alpha value is -2.67. The van der Waals surface area contributed by atoms with Gasteiger partial charge in [-0.3, -0.25) is 4.72 Å². The number of ether oxygens (including phenoxy) is 1. The van der Waals surface area contributed by atoms with Crippen LogP contribution in [-0.4, -0.2) is 25.0 Å². The quantitative estimate of drug-likeness (QED) is 0.639. The summed E-state index contributed by atoms with van der Waals surface area (Å²) in [5.41, 5.74) is 1.28. The van der Waals surface area contributed by atoms with Crippen molar-refractivity contribution in [1.82, 2.24) is 9.97 Å². The number of anilines is 1. The second kappa shape index (κ2) is 8.14. The summed E-state index contributed by atoms with van der Waals surface area (Å²) in [4.78, 5) is 9.13. The van der Waals surface area contributed by atoms with E-state index in [0.717, 1.165) is 6.42 Å². The number of nitrogens with zero attached hydrogens (tertiary/aromatic N) is 2. The molecule has 28 heavy (non-hydrogen) atoms. The van der Waals surface area contributed by atoms with Crippen LogP contribution in [0.1, 0.15) is 32.1 Å². The Balaban J connectivity index is 1.61. The fourth-order valence-corrected chi connectivity index (χ4v) is 4.58. The fraction of sp³-hybridized carbons (Fsp3) is 0.333. The number of fused-ring (bicyclic) bond motifs is 1. The molecule has 1 aromatic heterocycles. The number of para-hydroxylation sites is 2. The van der Waals surface area contributed by atoms with Crippen molar-refractivity contribution >= 4 is 26.9 Å². The molecular weight excluding hydrogens is 374 g/mol. The predicted octanol–water partition coefficient (Wildman–Crippen LogP) is 4.39. The number of hydrogen-bond donors (Lipinski definition) is 1. The van der Waals surface area contributed by atoms with Gasteiger partial charge in [-0.1, -0.05) is 56.0 Å². The zero-order valence-electron chi connectivity index (χ0n) is 15.5. The van der Waals surface area contributed by atoms with Crippen LogP contribution in [0.5, 0.6) is 5.88 Å². The molecule has 0 unspecified atom stereocenters. The summed E-state index contributed by atoms with van der Waals surface area (Å²) in [5.74, 6) is 1.02. The molecule has 2 aromatic carbocycles. The number of benzene rings is 2. The highest BCUT2D eigenvalue weighted by Gasteiger charge is 2.20. The zero-order valence-corrected chi connectivity index (χ0v) is 16.4. The Kier molecular flexibility index (Phi) is 5.43. The van der Waals surface area contributed by atoms with Gasteiger partial charge in [0.05, 0.1) is 22.5 Å². The summed E-state index contributed by atoms with van der Waals surface area (Å²) in [6.45, 7) is 0.498. The van der Waals surface area contributed by atoms with Crippen LogP contribution in [0.2, 0.25) is 0 Å². The average molecular weight is 398 g/mol. The van der Waals surface area contributed by atoms with Crippen LogP contribution in [-0.2, 0) is 10.0 Å². The molecule has 1 aliphatic carbocycles. The Bertz CT molecular complexity index is 1050. The number of aromatic nitrogens is 2. The number of nitrogens with one attached hydrogen (secondary N) is 1. The van der Waals surface area contributed by atoms with Crippen LogP contribution >= 0.6 is 0 Å². The highest BCUT2D eigenvalue weighted by atomic mass is 32.2. The van der Waals surface area contributed by atoms with Gasteiger partial charge >= 0.3 is 0 Å². The van der Waals surface area contributed by atoms with Gasteiger partial charge in [0.15, 0.2) is 0 Å². The zero-order chi connectivity index (χ0) is 19.4. The Morgan fingerprint density at radius 1 is 0.929 bits per heavy atom. The van der Waals surface area contributed by atoms with Crippen LogP contribution in [0.25, 0.3) is 11.0 Å². The lowest BCUT2D eigenvalue weighted by Gasteiger charge is -2.14. The standard InChI is InChI=1S/C21H23N3O3S/c25-28(26,17-10-2-1-3-11-17)24-20-21(27-15-14-16-8-4-5-9-16)23-19-13-7-6-12-18(19)22-20/h1-3,6-7,10-13,16H,4-5,8-9,14-15H2,(H,22,24). The van der Waals surface area contributed by atoms with E-state index < -0.39 is 10.0 Å². The van der Waals surface area contributed by atoms with E-state index in [9.17, 15) is 8.42 Å². The number of hydrogen-bond acceptors (Lipinski definition) is 5. The minimum Gasteiger partial charge on any atom is -0.475 e. The molecule has 4 rings (SSSR count). The summed E-state index contributed by atoms with van der Waals surface area (Å²) in [6, 6.07) is 15.5. The van der Waals surface area contributed by atoms with Gasteiger partial charge in [-0.05, 0) is 36.6 Å². The summed E-state index contributed by atoms with van der Waals surface area (Å²) in [7, 11) is -3.78. The van der Waals surface area contributed by atoms with Crippen LogP contribution in [0.3, 0.4) is 0 Å². The molecule has 1 fully saturated rings. The second-order valence-electron chi connectivity index (χ2n) is 7.07. The lowest BCUT2D eigenvalue weighted by molar-refractivity contribution is 0.271. The van der Waals surface area contributed by atoms with Crippen molar-refractivity contribution < 1.29 is 13.2 Å². The average Bonchev–Trinajstić information content (AvgIpc) is 3.22. The molecule has 1 heterocycles. The first kappa shape index (κ1) is 18.7. The highest BCUT2D eigenvalue weighted by molar-refractivity contribution is 7.92. The topological polar surface area (TPSA) is 81.2 Å². The van der Waals surface area contributed by atoms with Gasteiger partial charge in [0.25, 0.3) is 15.9 Å². The molecule has 0 aliphatic heterocycles. The van der Waals surface area contributed by atoms with Gasteiger partial charge in [0, 0.05) is 0 Å². The predicted molar refractivity (Wildman–Crippen MR) is 109 cm³/mol. The van der Waals surface area contributed by atoms with E-state index in [0.29, 0.717) is 23.6 Å². The third-order valence-corrected chi connectivity index (χ3v) is 6.42. The molecule has 146 valence electrons. The molecular formula is C21H23N3O3S. The first-order valence-corrected chi connectivity index (χ1v) is 11.1. The number of rotatable bonds is 7. The van der Waals surface area contributed by atoms with Gasteiger partial charge in [-0.2, -0.15) is 0 Å². The molecule has 7 heteroatoms. The fourth-order valence-electron chi connectivity index (χ4n) is 3.56. The summed E-state index contributed by atoms with van der Waals surface area (Å²) < 4.78 is 33.9. The lowest BCUT2D eigenvalue weighted by atomic mass is 10.1. The van der Waals surface area contributed by atoms with Crippen molar-refractivity contribution in [3.8, 4) is 5.88 Å². The summed E-state index contributed by atoms with van der Waals surface area (Å²) >= 11 is 0. The maximum atomic E-state index is 12.7. The van der Waals surface area contributed by atoms with Crippen molar-refractivity contribution in [3.63, 3.8) is 0 Å². The SMILES string of the molecule is O=S(=O)(Nc1nc2ccccc2nc1OCCC1CCCC1)c1ccccc1. The van der Waals surface area contributed by atoms with Crippen LogP contribution in [0.4, 0.5) is 5.82 Å². The first-order valence-electron chi connectivity index (χ1n) is 9.59. The first-order chi connectivity index (χ1) is 13.6. The molecule has 0 atom stereocenters. The van der Waals surface area contributed by atoms with E-state index in [4.69, 9.17) is 4.74 Å². The second-order valence-corrected chi connectivity index (χ2v) is 8.75. The highest BCUT2D eigenvalue weighted by Crippen LogP contribution is 2.29. The van der Waals surface area contributed by atoms with Crippen molar-refractivity contribution in [2.75, 3.05) is 11.3 Å². The molecule has 0 saturated heterocycles. The van der Waals surface area contributed by atoms with Crippen molar-refractivity contribution in [2.45, 2.75) is 37.0 Å².